The van der Waals surface area contributed by atoms with Crippen LogP contribution in [0.3, 0.4) is 0 Å². The molecule has 0 heterocycles. The van der Waals surface area contributed by atoms with Gasteiger partial charge in [-0.25, -0.2) is 4.79 Å². The van der Waals surface area contributed by atoms with Crippen molar-refractivity contribution in [2.45, 2.75) is 20.8 Å². The van der Waals surface area contributed by atoms with Crippen LogP contribution < -0.4 is 5.32 Å². The quantitative estimate of drug-likeness (QED) is 0.320. The summed E-state index contributed by atoms with van der Waals surface area (Å²) in [7, 11) is 2.79. The van der Waals surface area contributed by atoms with Crippen molar-refractivity contribution in [3.63, 3.8) is 0 Å². The summed E-state index contributed by atoms with van der Waals surface area (Å²) in [6.07, 6.45) is 1.77. The van der Waals surface area contributed by atoms with Crippen LogP contribution in [0.15, 0.2) is 24.0 Å². The van der Waals surface area contributed by atoms with E-state index in [-0.39, 0.29) is 11.2 Å². The number of ether oxygens (including phenoxy) is 2. The largest absolute Gasteiger partial charge is 0.490 e. The number of carbonyl (C=O) groups is 1. The maximum absolute atomic E-state index is 11.4. The highest BCUT2D eigenvalue weighted by Gasteiger charge is 2.19. The average Bonchev–Trinajstić information content (AvgIpc) is 2.24. The predicted molar refractivity (Wildman–Crippen MR) is 68.6 cm³/mol. The van der Waals surface area contributed by atoms with Gasteiger partial charge in [0.25, 0.3) is 0 Å². The van der Waals surface area contributed by atoms with Crippen LogP contribution in [0.1, 0.15) is 20.8 Å². The highest BCUT2D eigenvalue weighted by atomic mass is 16.6. The monoisotopic (exact) mass is 241 g/mol. The molecular weight excluding hydrogens is 218 g/mol. The van der Waals surface area contributed by atoms with Gasteiger partial charge in [0.2, 0.25) is 5.76 Å². The van der Waals surface area contributed by atoms with Crippen LogP contribution in [0, 0.1) is 5.41 Å². The summed E-state index contributed by atoms with van der Waals surface area (Å²) in [5.41, 5.74) is 0.874. The van der Waals surface area contributed by atoms with Crippen LogP contribution in [0.2, 0.25) is 0 Å². The van der Waals surface area contributed by atoms with E-state index >= 15 is 0 Å². The molecule has 0 unspecified atom stereocenters. The van der Waals surface area contributed by atoms with Crippen LogP contribution in [0.25, 0.3) is 0 Å². The third kappa shape index (κ3) is 6.79. The zero-order chi connectivity index (χ0) is 13.5. The van der Waals surface area contributed by atoms with Gasteiger partial charge in [-0.15, -0.1) is 0 Å². The molecule has 0 radical (unpaired) electrons. The summed E-state index contributed by atoms with van der Waals surface area (Å²) in [5.74, 6) is -0.227. The molecule has 0 spiro atoms. The Morgan fingerprint density at radius 2 is 1.94 bits per heavy atom. The lowest BCUT2D eigenvalue weighted by Crippen LogP contribution is -2.29. The second-order valence-corrected chi connectivity index (χ2v) is 4.75. The summed E-state index contributed by atoms with van der Waals surface area (Å²) in [5, 5.41) is 3.26. The average molecular weight is 241 g/mol. The lowest BCUT2D eigenvalue weighted by atomic mass is 9.92. The lowest BCUT2D eigenvalue weighted by molar-refractivity contribution is -0.139. The van der Waals surface area contributed by atoms with Crippen molar-refractivity contribution in [3.05, 3.63) is 24.0 Å². The third-order valence-corrected chi connectivity index (χ3v) is 2.14. The molecule has 4 nitrogen and oxygen atoms in total. The van der Waals surface area contributed by atoms with E-state index in [1.54, 1.807) is 6.08 Å². The Balaban J connectivity index is 4.52. The molecule has 1 N–H and O–H groups in total. The van der Waals surface area contributed by atoms with Gasteiger partial charge in [-0.1, -0.05) is 26.0 Å². The van der Waals surface area contributed by atoms with Crippen molar-refractivity contribution in [1.29, 1.82) is 0 Å². The maximum atomic E-state index is 11.4. The normalized spacial score (nSPS) is 12.2. The van der Waals surface area contributed by atoms with Crippen LogP contribution >= 0.6 is 0 Å². The summed E-state index contributed by atoms with van der Waals surface area (Å²) in [6.45, 7) is 11.3. The molecule has 0 fully saturated rings. The van der Waals surface area contributed by atoms with Crippen molar-refractivity contribution in [2.24, 2.45) is 5.41 Å². The minimum Gasteiger partial charge on any atom is -0.490 e. The lowest BCUT2D eigenvalue weighted by Gasteiger charge is -2.22. The molecule has 0 bridgehead atoms. The van der Waals surface area contributed by atoms with E-state index in [9.17, 15) is 4.79 Å². The minimum atomic E-state index is -0.458. The van der Waals surface area contributed by atoms with Gasteiger partial charge in [0.15, 0.2) is 0 Å². The molecule has 0 rings (SSSR count). The summed E-state index contributed by atoms with van der Waals surface area (Å²) in [4.78, 5) is 11.4. The summed E-state index contributed by atoms with van der Waals surface area (Å²) < 4.78 is 9.63. The number of methoxy groups -OCH3 is 2. The van der Waals surface area contributed by atoms with Gasteiger partial charge < -0.3 is 14.8 Å². The van der Waals surface area contributed by atoms with E-state index in [1.807, 2.05) is 20.8 Å². The van der Waals surface area contributed by atoms with Crippen molar-refractivity contribution in [3.8, 4) is 0 Å². The minimum absolute atomic E-state index is 0.199. The SMILES string of the molecule is C=C(C)CNCC(C)(C)/C=C(\OC)C(=O)OC. The van der Waals surface area contributed by atoms with Crippen LogP contribution in [-0.4, -0.2) is 33.3 Å². The Morgan fingerprint density at radius 1 is 1.35 bits per heavy atom. The fourth-order valence-corrected chi connectivity index (χ4v) is 1.31. The van der Waals surface area contributed by atoms with Crippen molar-refractivity contribution in [2.75, 3.05) is 27.3 Å². The second-order valence-electron chi connectivity index (χ2n) is 4.75. The predicted octanol–water partition coefficient (Wildman–Crippen LogP) is 1.88. The van der Waals surface area contributed by atoms with E-state index in [1.165, 1.54) is 14.2 Å². The number of carbonyl (C=O) groups excluding carboxylic acids is 1. The molecule has 0 aromatic heterocycles. The molecule has 0 aliphatic carbocycles. The maximum Gasteiger partial charge on any atom is 0.372 e. The molecule has 0 aliphatic rings. The number of esters is 1. The molecule has 0 atom stereocenters. The molecule has 0 aromatic rings. The Labute approximate surface area is 104 Å². The van der Waals surface area contributed by atoms with E-state index < -0.39 is 5.97 Å². The number of hydrogen-bond acceptors (Lipinski definition) is 4. The first-order valence-corrected chi connectivity index (χ1v) is 5.52. The van der Waals surface area contributed by atoms with Gasteiger partial charge in [0, 0.05) is 13.1 Å². The van der Waals surface area contributed by atoms with Gasteiger partial charge in [-0.3, -0.25) is 0 Å². The van der Waals surface area contributed by atoms with E-state index in [4.69, 9.17) is 4.74 Å². The first-order chi connectivity index (χ1) is 7.82. The number of rotatable bonds is 7. The number of nitrogens with one attached hydrogen (secondary N) is 1. The molecule has 4 heteroatoms. The third-order valence-electron chi connectivity index (χ3n) is 2.14. The Bertz CT molecular complexity index is 306. The van der Waals surface area contributed by atoms with Gasteiger partial charge in [-0.2, -0.15) is 0 Å². The van der Waals surface area contributed by atoms with Gasteiger partial charge >= 0.3 is 5.97 Å². The van der Waals surface area contributed by atoms with Crippen LogP contribution in [0.4, 0.5) is 0 Å². The highest BCUT2D eigenvalue weighted by molar-refractivity contribution is 5.86. The van der Waals surface area contributed by atoms with Gasteiger partial charge in [-0.05, 0) is 18.4 Å². The fraction of sp³-hybridized carbons (Fsp3) is 0.615. The smallest absolute Gasteiger partial charge is 0.372 e. The Morgan fingerprint density at radius 3 is 2.35 bits per heavy atom. The molecule has 0 aromatic carbocycles. The molecule has 0 amide bonds. The Kier molecular flexibility index (Phi) is 6.58. The van der Waals surface area contributed by atoms with Crippen molar-refractivity contribution < 1.29 is 14.3 Å². The highest BCUT2D eigenvalue weighted by Crippen LogP contribution is 2.19. The molecule has 17 heavy (non-hydrogen) atoms. The zero-order valence-electron chi connectivity index (χ0n) is 11.4. The molecule has 0 aliphatic heterocycles. The molecular formula is C13H23NO3. The van der Waals surface area contributed by atoms with Crippen LogP contribution in [-0.2, 0) is 14.3 Å². The van der Waals surface area contributed by atoms with Gasteiger partial charge in [0.05, 0.1) is 14.2 Å². The van der Waals surface area contributed by atoms with E-state index in [0.717, 1.165) is 18.7 Å². The molecule has 0 saturated carbocycles. The molecule has 0 saturated heterocycles. The van der Waals surface area contributed by atoms with Crippen molar-refractivity contribution in [1.82, 2.24) is 5.32 Å². The fourth-order valence-electron chi connectivity index (χ4n) is 1.31. The first-order valence-electron chi connectivity index (χ1n) is 5.52. The summed E-state index contributed by atoms with van der Waals surface area (Å²) in [6, 6.07) is 0. The van der Waals surface area contributed by atoms with Crippen molar-refractivity contribution >= 4 is 5.97 Å². The van der Waals surface area contributed by atoms with E-state index in [0.29, 0.717) is 0 Å². The summed E-state index contributed by atoms with van der Waals surface area (Å²) >= 11 is 0. The van der Waals surface area contributed by atoms with Gasteiger partial charge in [0.1, 0.15) is 0 Å². The topological polar surface area (TPSA) is 47.6 Å². The second kappa shape index (κ2) is 7.12. The zero-order valence-corrected chi connectivity index (χ0v) is 11.4. The standard InChI is InChI=1S/C13H23NO3/c1-10(2)8-14-9-13(3,4)7-11(16-5)12(15)17-6/h7,14H,1,8-9H2,2-6H3/b11-7-. The molecule has 98 valence electrons. The van der Waals surface area contributed by atoms with Crippen LogP contribution in [0.5, 0.6) is 0 Å². The first kappa shape index (κ1) is 15.7. The Hall–Kier alpha value is -1.29. The van der Waals surface area contributed by atoms with E-state index in [2.05, 4.69) is 16.6 Å². The number of hydrogen-bond donors (Lipinski definition) is 1.